The van der Waals surface area contributed by atoms with Crippen LogP contribution in [0.15, 0.2) is 102 Å². The van der Waals surface area contributed by atoms with Crippen LogP contribution < -0.4 is 5.32 Å². The highest BCUT2D eigenvalue weighted by Gasteiger charge is 2.39. The Morgan fingerprint density at radius 2 is 1.34 bits per heavy atom. The zero-order valence-corrected chi connectivity index (χ0v) is 19.9. The normalized spacial score (nSPS) is 23.1. The number of nitrogens with zero attached hydrogens (tertiary/aromatic N) is 3. The predicted octanol–water partition coefficient (Wildman–Crippen LogP) is 4.00. The third kappa shape index (κ3) is 4.76. The number of phenolic OH excluding ortho intramolecular Hbond substituents is 1. The van der Waals surface area contributed by atoms with E-state index >= 15 is 0 Å². The number of aromatic hydroxyl groups is 1. The van der Waals surface area contributed by atoms with Crippen molar-refractivity contribution in [2.45, 2.75) is 37.4 Å². The van der Waals surface area contributed by atoms with Gasteiger partial charge in [-0.25, -0.2) is 0 Å². The molecule has 3 aromatic carbocycles. The molecule has 0 amide bonds. The molecule has 5 nitrogen and oxygen atoms in total. The topological polar surface area (TPSA) is 51.1 Å². The Labute approximate surface area is 207 Å². The van der Waals surface area contributed by atoms with Gasteiger partial charge in [0.1, 0.15) is 17.4 Å². The molecule has 0 aliphatic carbocycles. The van der Waals surface area contributed by atoms with E-state index in [0.717, 1.165) is 44.7 Å². The third-order valence-corrected chi connectivity index (χ3v) is 7.44. The number of phenols is 1. The molecule has 178 valence electrons. The van der Waals surface area contributed by atoms with E-state index in [0.29, 0.717) is 23.9 Å². The molecule has 6 rings (SSSR count). The summed E-state index contributed by atoms with van der Waals surface area (Å²) in [5.74, 6) is 2.62. The SMILES string of the molecule is Oc1ccc(C[C@@H]2CN3C(=CC4=NC[C@@H](Cc5ccccc5)N4C[C@H]3Cc3ccccc3)N2)cc1. The van der Waals surface area contributed by atoms with Gasteiger partial charge in [-0.15, -0.1) is 0 Å². The molecule has 5 heteroatoms. The molecule has 3 heterocycles. The molecule has 0 aromatic heterocycles. The lowest BCUT2D eigenvalue weighted by atomic mass is 10.0. The van der Waals surface area contributed by atoms with E-state index in [1.54, 1.807) is 12.1 Å². The molecule has 3 aromatic rings. The fourth-order valence-corrected chi connectivity index (χ4v) is 5.69. The first-order valence-corrected chi connectivity index (χ1v) is 12.6. The third-order valence-electron chi connectivity index (χ3n) is 7.44. The molecule has 0 radical (unpaired) electrons. The highest BCUT2D eigenvalue weighted by molar-refractivity contribution is 5.95. The average Bonchev–Trinajstić information content (AvgIpc) is 3.41. The monoisotopic (exact) mass is 464 g/mol. The number of fused-ring (bicyclic) bond motifs is 2. The van der Waals surface area contributed by atoms with E-state index in [4.69, 9.17) is 4.99 Å². The van der Waals surface area contributed by atoms with Gasteiger partial charge in [0.2, 0.25) is 0 Å². The minimum atomic E-state index is 0.317. The van der Waals surface area contributed by atoms with Crippen molar-refractivity contribution in [3.05, 3.63) is 114 Å². The molecular weight excluding hydrogens is 432 g/mol. The Bertz CT molecular complexity index is 1210. The second kappa shape index (κ2) is 9.49. The minimum absolute atomic E-state index is 0.317. The van der Waals surface area contributed by atoms with Crippen LogP contribution in [-0.4, -0.2) is 58.5 Å². The van der Waals surface area contributed by atoms with Gasteiger partial charge < -0.3 is 20.2 Å². The standard InChI is InChI=1S/C30H32N4O/c35-28-13-11-24(12-14-28)15-25-20-33-27(17-23-9-5-2-6-10-23)21-34-26(16-22-7-3-1-4-8-22)19-31-29(34)18-30(33)32-25/h1-14,18,25-27,32,35H,15-17,19-21H2/t25-,26-,27-/m1/s1. The van der Waals surface area contributed by atoms with Gasteiger partial charge in [0.05, 0.1) is 18.6 Å². The Morgan fingerprint density at radius 1 is 0.714 bits per heavy atom. The van der Waals surface area contributed by atoms with Gasteiger partial charge in [-0.2, -0.15) is 0 Å². The second-order valence-corrected chi connectivity index (χ2v) is 9.93. The van der Waals surface area contributed by atoms with Crippen LogP contribution in [0.1, 0.15) is 16.7 Å². The molecule has 1 fully saturated rings. The maximum absolute atomic E-state index is 9.64. The van der Waals surface area contributed by atoms with Crippen molar-refractivity contribution in [3.63, 3.8) is 0 Å². The van der Waals surface area contributed by atoms with Crippen molar-refractivity contribution in [3.8, 4) is 5.75 Å². The predicted molar refractivity (Wildman–Crippen MR) is 140 cm³/mol. The van der Waals surface area contributed by atoms with Crippen molar-refractivity contribution >= 4 is 5.84 Å². The molecule has 0 bridgehead atoms. The van der Waals surface area contributed by atoms with E-state index in [2.05, 4.69) is 81.9 Å². The molecule has 0 saturated carbocycles. The molecule has 2 N–H and O–H groups in total. The van der Waals surface area contributed by atoms with E-state index < -0.39 is 0 Å². The summed E-state index contributed by atoms with van der Waals surface area (Å²) in [5, 5.41) is 13.4. The van der Waals surface area contributed by atoms with Crippen LogP contribution >= 0.6 is 0 Å². The summed E-state index contributed by atoms with van der Waals surface area (Å²) in [6.07, 6.45) is 5.23. The van der Waals surface area contributed by atoms with Gasteiger partial charge in [0, 0.05) is 25.2 Å². The van der Waals surface area contributed by atoms with E-state index in [-0.39, 0.29) is 0 Å². The molecule has 0 unspecified atom stereocenters. The fourth-order valence-electron chi connectivity index (χ4n) is 5.69. The summed E-state index contributed by atoms with van der Waals surface area (Å²) in [7, 11) is 0. The highest BCUT2D eigenvalue weighted by atomic mass is 16.3. The zero-order valence-electron chi connectivity index (χ0n) is 19.9. The van der Waals surface area contributed by atoms with E-state index in [1.165, 1.54) is 22.5 Å². The van der Waals surface area contributed by atoms with Crippen molar-refractivity contribution in [2.24, 2.45) is 4.99 Å². The van der Waals surface area contributed by atoms with Crippen molar-refractivity contribution < 1.29 is 5.11 Å². The number of amidine groups is 1. The van der Waals surface area contributed by atoms with Crippen LogP contribution in [0.25, 0.3) is 0 Å². The summed E-state index contributed by atoms with van der Waals surface area (Å²) in [5.41, 5.74) is 3.98. The van der Waals surface area contributed by atoms with Crippen LogP contribution in [0.4, 0.5) is 0 Å². The number of hydrogen-bond donors (Lipinski definition) is 2. The largest absolute Gasteiger partial charge is 0.508 e. The highest BCUT2D eigenvalue weighted by Crippen LogP contribution is 2.29. The van der Waals surface area contributed by atoms with Crippen molar-refractivity contribution in [2.75, 3.05) is 19.6 Å². The smallest absolute Gasteiger partial charge is 0.127 e. The second-order valence-electron chi connectivity index (χ2n) is 9.93. The lowest BCUT2D eigenvalue weighted by Crippen LogP contribution is -2.46. The molecule has 35 heavy (non-hydrogen) atoms. The first-order valence-electron chi connectivity index (χ1n) is 12.6. The molecule has 0 spiro atoms. The van der Waals surface area contributed by atoms with Gasteiger partial charge >= 0.3 is 0 Å². The lowest BCUT2D eigenvalue weighted by Gasteiger charge is -2.34. The molecule has 1 saturated heterocycles. The Kier molecular flexibility index (Phi) is 5.91. The summed E-state index contributed by atoms with van der Waals surface area (Å²) < 4.78 is 0. The van der Waals surface area contributed by atoms with Crippen LogP contribution in [-0.2, 0) is 19.3 Å². The summed E-state index contributed by atoms with van der Waals surface area (Å²) in [4.78, 5) is 10.1. The zero-order chi connectivity index (χ0) is 23.6. The molecule has 3 aliphatic rings. The maximum Gasteiger partial charge on any atom is 0.127 e. The number of aliphatic imine (C=N–C) groups is 1. The van der Waals surface area contributed by atoms with E-state index in [9.17, 15) is 5.11 Å². The molecule has 3 atom stereocenters. The van der Waals surface area contributed by atoms with Gasteiger partial charge in [-0.3, -0.25) is 4.99 Å². The van der Waals surface area contributed by atoms with Gasteiger partial charge in [-0.1, -0.05) is 72.8 Å². The van der Waals surface area contributed by atoms with Crippen LogP contribution in [0.2, 0.25) is 0 Å². The first kappa shape index (κ1) is 21.8. The van der Waals surface area contributed by atoms with E-state index in [1.807, 2.05) is 12.1 Å². The number of rotatable bonds is 6. The van der Waals surface area contributed by atoms with Gasteiger partial charge in [0.25, 0.3) is 0 Å². The van der Waals surface area contributed by atoms with Gasteiger partial charge in [0.15, 0.2) is 0 Å². The quantitative estimate of drug-likeness (QED) is 0.579. The summed E-state index contributed by atoms with van der Waals surface area (Å²) >= 11 is 0. The fraction of sp³-hybridized carbons (Fsp3) is 0.300. The van der Waals surface area contributed by atoms with Crippen molar-refractivity contribution in [1.82, 2.24) is 15.1 Å². The lowest BCUT2D eigenvalue weighted by molar-refractivity contribution is 0.215. The first-order chi connectivity index (χ1) is 17.2. The number of hydrogen-bond acceptors (Lipinski definition) is 5. The number of benzene rings is 3. The maximum atomic E-state index is 9.64. The number of nitrogens with one attached hydrogen (secondary N) is 1. The summed E-state index contributed by atoms with van der Waals surface area (Å²) in [6.45, 7) is 2.79. The van der Waals surface area contributed by atoms with Crippen molar-refractivity contribution in [1.29, 1.82) is 0 Å². The molecular formula is C30H32N4O. The Balaban J connectivity index is 1.25. The summed E-state index contributed by atoms with van der Waals surface area (Å²) in [6, 6.07) is 30.3. The van der Waals surface area contributed by atoms with Crippen LogP contribution in [0, 0.1) is 0 Å². The van der Waals surface area contributed by atoms with Gasteiger partial charge in [-0.05, 0) is 48.1 Å². The van der Waals surface area contributed by atoms with Crippen LogP contribution in [0.5, 0.6) is 5.75 Å². The van der Waals surface area contributed by atoms with Crippen LogP contribution in [0.3, 0.4) is 0 Å². The average molecular weight is 465 g/mol. The minimum Gasteiger partial charge on any atom is -0.508 e. The Hall–Kier alpha value is -3.73. The molecule has 3 aliphatic heterocycles. The Morgan fingerprint density at radius 3 is 2.03 bits per heavy atom.